The quantitative estimate of drug-likeness (QED) is 0.861. The highest BCUT2D eigenvalue weighted by molar-refractivity contribution is 5.40. The molecule has 0 aliphatic heterocycles. The molecule has 2 nitrogen and oxygen atoms in total. The molecule has 1 fully saturated rings. The van der Waals surface area contributed by atoms with Gasteiger partial charge in [-0.1, -0.05) is 49.4 Å². The van der Waals surface area contributed by atoms with E-state index in [0.717, 1.165) is 12.3 Å². The van der Waals surface area contributed by atoms with Crippen LogP contribution in [0.5, 0.6) is 5.75 Å². The monoisotopic (exact) mass is 281 g/mol. The summed E-state index contributed by atoms with van der Waals surface area (Å²) in [4.78, 5) is 0. The Morgan fingerprint density at radius 1 is 1.10 bits per heavy atom. The van der Waals surface area contributed by atoms with E-state index in [1.165, 1.54) is 24.0 Å². The van der Waals surface area contributed by atoms with E-state index in [4.69, 9.17) is 4.74 Å². The zero-order chi connectivity index (χ0) is 14.7. The van der Waals surface area contributed by atoms with E-state index in [-0.39, 0.29) is 5.41 Å². The topological polar surface area (TPSA) is 21.3 Å². The molecule has 0 radical (unpaired) electrons. The minimum absolute atomic E-state index is 0.240. The van der Waals surface area contributed by atoms with Crippen molar-refractivity contribution in [1.82, 2.24) is 5.32 Å². The van der Waals surface area contributed by atoms with Crippen molar-refractivity contribution in [3.8, 4) is 5.75 Å². The summed E-state index contributed by atoms with van der Waals surface area (Å²) < 4.78 is 5.39. The van der Waals surface area contributed by atoms with Crippen LogP contribution in [0.15, 0.2) is 54.6 Å². The van der Waals surface area contributed by atoms with Crippen molar-refractivity contribution in [2.75, 3.05) is 13.7 Å². The Labute approximate surface area is 127 Å². The zero-order valence-corrected chi connectivity index (χ0v) is 12.8. The van der Waals surface area contributed by atoms with E-state index >= 15 is 0 Å². The van der Waals surface area contributed by atoms with Crippen LogP contribution in [0.4, 0.5) is 0 Å². The smallest absolute Gasteiger partial charge is 0.119 e. The highest BCUT2D eigenvalue weighted by Gasteiger charge is 2.50. The van der Waals surface area contributed by atoms with Gasteiger partial charge >= 0.3 is 0 Å². The van der Waals surface area contributed by atoms with Gasteiger partial charge in [-0.05, 0) is 42.6 Å². The zero-order valence-electron chi connectivity index (χ0n) is 12.8. The van der Waals surface area contributed by atoms with Crippen molar-refractivity contribution in [3.05, 3.63) is 65.7 Å². The summed E-state index contributed by atoms with van der Waals surface area (Å²) in [7, 11) is 1.73. The van der Waals surface area contributed by atoms with Gasteiger partial charge in [-0.3, -0.25) is 0 Å². The third-order valence-electron chi connectivity index (χ3n) is 4.53. The SMILES string of the molecule is CCNC(c1cccc(OC)c1)C1(c2ccccc2)CC1. The van der Waals surface area contributed by atoms with Crippen LogP contribution < -0.4 is 10.1 Å². The third kappa shape index (κ3) is 2.68. The van der Waals surface area contributed by atoms with Crippen molar-refractivity contribution in [2.24, 2.45) is 0 Å². The molecule has 0 spiro atoms. The first-order chi connectivity index (χ1) is 10.3. The molecule has 1 aliphatic rings. The van der Waals surface area contributed by atoms with E-state index in [1.807, 2.05) is 6.07 Å². The molecule has 1 saturated carbocycles. The van der Waals surface area contributed by atoms with E-state index in [2.05, 4.69) is 60.8 Å². The van der Waals surface area contributed by atoms with Gasteiger partial charge in [0.2, 0.25) is 0 Å². The van der Waals surface area contributed by atoms with Crippen LogP contribution in [0.25, 0.3) is 0 Å². The van der Waals surface area contributed by atoms with Gasteiger partial charge < -0.3 is 10.1 Å². The summed E-state index contributed by atoms with van der Waals surface area (Å²) in [6.45, 7) is 3.14. The molecule has 0 aromatic heterocycles. The summed E-state index contributed by atoms with van der Waals surface area (Å²) in [5.74, 6) is 0.930. The lowest BCUT2D eigenvalue weighted by Crippen LogP contribution is -2.32. The fourth-order valence-electron chi connectivity index (χ4n) is 3.31. The van der Waals surface area contributed by atoms with Crippen molar-refractivity contribution in [2.45, 2.75) is 31.2 Å². The van der Waals surface area contributed by atoms with Crippen LogP contribution in [-0.2, 0) is 5.41 Å². The average molecular weight is 281 g/mol. The number of rotatable bonds is 6. The summed E-state index contributed by atoms with van der Waals surface area (Å²) in [5.41, 5.74) is 3.00. The van der Waals surface area contributed by atoms with Crippen molar-refractivity contribution in [1.29, 1.82) is 0 Å². The molecule has 0 heterocycles. The minimum atomic E-state index is 0.240. The van der Waals surface area contributed by atoms with Gasteiger partial charge in [0.1, 0.15) is 5.75 Å². The van der Waals surface area contributed by atoms with Crippen LogP contribution in [-0.4, -0.2) is 13.7 Å². The van der Waals surface area contributed by atoms with Crippen molar-refractivity contribution in [3.63, 3.8) is 0 Å². The lowest BCUT2D eigenvalue weighted by Gasteiger charge is -2.29. The molecule has 0 bridgehead atoms. The van der Waals surface area contributed by atoms with Crippen molar-refractivity contribution < 1.29 is 4.74 Å². The number of likely N-dealkylation sites (N-methyl/N-ethyl adjacent to an activating group) is 1. The summed E-state index contributed by atoms with van der Waals surface area (Å²) in [6.07, 6.45) is 2.48. The molecule has 1 unspecified atom stereocenters. The fraction of sp³-hybridized carbons (Fsp3) is 0.368. The first kappa shape index (κ1) is 14.2. The number of nitrogens with one attached hydrogen (secondary N) is 1. The summed E-state index contributed by atoms with van der Waals surface area (Å²) in [6, 6.07) is 19.7. The Hall–Kier alpha value is -1.80. The second kappa shape index (κ2) is 5.90. The molecule has 110 valence electrons. The normalized spacial score (nSPS) is 17.2. The van der Waals surface area contributed by atoms with E-state index in [1.54, 1.807) is 7.11 Å². The predicted octanol–water partition coefficient (Wildman–Crippen LogP) is 4.08. The maximum atomic E-state index is 5.39. The van der Waals surface area contributed by atoms with Gasteiger partial charge in [-0.2, -0.15) is 0 Å². The highest BCUT2D eigenvalue weighted by atomic mass is 16.5. The Bertz CT molecular complexity index is 590. The standard InChI is InChI=1S/C19H23NO/c1-3-20-18(15-8-7-11-17(14-15)21-2)19(12-13-19)16-9-5-4-6-10-16/h4-11,14,18,20H,3,12-13H2,1-2H3. The number of hydrogen-bond donors (Lipinski definition) is 1. The Balaban J connectivity index is 1.98. The van der Waals surface area contributed by atoms with E-state index in [0.29, 0.717) is 6.04 Å². The van der Waals surface area contributed by atoms with E-state index in [9.17, 15) is 0 Å². The Morgan fingerprint density at radius 2 is 1.86 bits per heavy atom. The lowest BCUT2D eigenvalue weighted by atomic mass is 9.83. The van der Waals surface area contributed by atoms with Crippen LogP contribution in [0.3, 0.4) is 0 Å². The summed E-state index contributed by atoms with van der Waals surface area (Å²) >= 11 is 0. The van der Waals surface area contributed by atoms with Gasteiger partial charge in [0.15, 0.2) is 0 Å². The molecule has 1 N–H and O–H groups in total. The highest BCUT2D eigenvalue weighted by Crippen LogP contribution is 2.56. The molecule has 3 rings (SSSR count). The van der Waals surface area contributed by atoms with Crippen LogP contribution in [0.1, 0.15) is 36.9 Å². The Kier molecular flexibility index (Phi) is 3.98. The van der Waals surface area contributed by atoms with Crippen LogP contribution >= 0.6 is 0 Å². The van der Waals surface area contributed by atoms with Gasteiger partial charge in [-0.15, -0.1) is 0 Å². The first-order valence-electron chi connectivity index (χ1n) is 7.73. The molecule has 1 aliphatic carbocycles. The van der Waals surface area contributed by atoms with Crippen molar-refractivity contribution >= 4 is 0 Å². The maximum absolute atomic E-state index is 5.39. The molecular weight excluding hydrogens is 258 g/mol. The number of ether oxygens (including phenoxy) is 1. The summed E-state index contributed by atoms with van der Waals surface area (Å²) in [5, 5.41) is 3.70. The third-order valence-corrected chi connectivity index (χ3v) is 4.53. The molecule has 0 saturated heterocycles. The average Bonchev–Trinajstić information content (AvgIpc) is 3.35. The predicted molar refractivity (Wildman–Crippen MR) is 86.8 cm³/mol. The minimum Gasteiger partial charge on any atom is -0.497 e. The van der Waals surface area contributed by atoms with Gasteiger partial charge in [0, 0.05) is 11.5 Å². The Morgan fingerprint density at radius 3 is 2.48 bits per heavy atom. The first-order valence-corrected chi connectivity index (χ1v) is 7.73. The number of benzene rings is 2. The van der Waals surface area contributed by atoms with Crippen LogP contribution in [0.2, 0.25) is 0 Å². The molecule has 2 aromatic carbocycles. The molecule has 1 atom stereocenters. The van der Waals surface area contributed by atoms with Crippen LogP contribution in [0, 0.1) is 0 Å². The molecule has 21 heavy (non-hydrogen) atoms. The molecule has 0 amide bonds. The largest absolute Gasteiger partial charge is 0.497 e. The second-order valence-electron chi connectivity index (χ2n) is 5.79. The number of hydrogen-bond acceptors (Lipinski definition) is 2. The van der Waals surface area contributed by atoms with Gasteiger partial charge in [-0.25, -0.2) is 0 Å². The van der Waals surface area contributed by atoms with Gasteiger partial charge in [0.05, 0.1) is 7.11 Å². The van der Waals surface area contributed by atoms with E-state index < -0.39 is 0 Å². The lowest BCUT2D eigenvalue weighted by molar-refractivity contribution is 0.407. The number of methoxy groups -OCH3 is 1. The fourth-order valence-corrected chi connectivity index (χ4v) is 3.31. The second-order valence-corrected chi connectivity index (χ2v) is 5.79. The molecule has 2 heteroatoms. The van der Waals surface area contributed by atoms with Gasteiger partial charge in [0.25, 0.3) is 0 Å². The maximum Gasteiger partial charge on any atom is 0.119 e. The molecule has 2 aromatic rings. The molecular formula is C19H23NO.